The fourth-order valence-electron chi connectivity index (χ4n) is 1.80. The molecular weight excluding hydrogens is 333 g/mol. The largest absolute Gasteiger partial charge is 0.484 e. The van der Waals surface area contributed by atoms with Crippen LogP contribution in [0.4, 0.5) is 13.2 Å². The predicted molar refractivity (Wildman–Crippen MR) is 84.5 cm³/mol. The van der Waals surface area contributed by atoms with Gasteiger partial charge in [0.25, 0.3) is 0 Å². The van der Waals surface area contributed by atoms with Crippen LogP contribution in [0.15, 0.2) is 24.3 Å². The number of carbonyl (C=O) groups is 1. The molecule has 0 unspecified atom stereocenters. The zero-order chi connectivity index (χ0) is 16.8. The number of halogens is 4. The van der Waals surface area contributed by atoms with Gasteiger partial charge in [-0.3, -0.25) is 4.79 Å². The molecule has 3 N–H and O–H groups in total. The Hall–Kier alpha value is -1.47. The molecule has 1 atom stereocenters. The predicted octanol–water partition coefficient (Wildman–Crippen LogP) is 3.04. The Kier molecular flexibility index (Phi) is 9.01. The van der Waals surface area contributed by atoms with Gasteiger partial charge in [0.15, 0.2) is 6.61 Å². The third-order valence-electron chi connectivity index (χ3n) is 2.85. The first-order valence-electron chi connectivity index (χ1n) is 6.99. The van der Waals surface area contributed by atoms with Crippen LogP contribution >= 0.6 is 12.4 Å². The second-order valence-electron chi connectivity index (χ2n) is 5.50. The van der Waals surface area contributed by atoms with Crippen molar-refractivity contribution in [3.63, 3.8) is 0 Å². The summed E-state index contributed by atoms with van der Waals surface area (Å²) < 4.78 is 40.6. The van der Waals surface area contributed by atoms with Gasteiger partial charge < -0.3 is 15.8 Å². The van der Waals surface area contributed by atoms with E-state index in [0.717, 1.165) is 5.56 Å². The van der Waals surface area contributed by atoms with E-state index >= 15 is 0 Å². The summed E-state index contributed by atoms with van der Waals surface area (Å²) in [5, 5.41) is 2.70. The maximum atomic E-state index is 12.0. The van der Waals surface area contributed by atoms with E-state index < -0.39 is 18.8 Å². The van der Waals surface area contributed by atoms with Crippen LogP contribution in [0.5, 0.6) is 5.75 Å². The number of nitrogens with one attached hydrogen (secondary N) is 1. The van der Waals surface area contributed by atoms with Gasteiger partial charge in [0.05, 0.1) is 6.04 Å². The van der Waals surface area contributed by atoms with Gasteiger partial charge in [0.2, 0.25) is 5.91 Å². The maximum Gasteiger partial charge on any atom is 0.422 e. The molecule has 0 saturated carbocycles. The molecule has 0 saturated heterocycles. The molecule has 8 heteroatoms. The van der Waals surface area contributed by atoms with Crippen molar-refractivity contribution in [3.8, 4) is 5.75 Å². The highest BCUT2D eigenvalue weighted by Crippen LogP contribution is 2.18. The Labute approximate surface area is 140 Å². The SMILES string of the molecule is CC(C)C[C@H](N)C(=O)NCc1ccc(OCC(F)(F)F)cc1.Cl. The Morgan fingerprint density at radius 3 is 2.30 bits per heavy atom. The minimum atomic E-state index is -4.36. The smallest absolute Gasteiger partial charge is 0.422 e. The van der Waals surface area contributed by atoms with E-state index in [2.05, 4.69) is 10.1 Å². The number of alkyl halides is 3. The number of nitrogens with two attached hydrogens (primary N) is 1. The van der Waals surface area contributed by atoms with E-state index in [4.69, 9.17) is 5.73 Å². The van der Waals surface area contributed by atoms with Crippen molar-refractivity contribution >= 4 is 18.3 Å². The van der Waals surface area contributed by atoms with E-state index in [1.165, 1.54) is 12.1 Å². The van der Waals surface area contributed by atoms with E-state index in [1.54, 1.807) is 12.1 Å². The van der Waals surface area contributed by atoms with E-state index in [0.29, 0.717) is 12.3 Å². The Balaban J connectivity index is 0.00000484. The molecule has 0 radical (unpaired) electrons. The molecule has 0 bridgehead atoms. The van der Waals surface area contributed by atoms with Gasteiger partial charge in [0, 0.05) is 6.54 Å². The lowest BCUT2D eigenvalue weighted by molar-refractivity contribution is -0.153. The van der Waals surface area contributed by atoms with Gasteiger partial charge in [-0.25, -0.2) is 0 Å². The number of amides is 1. The quantitative estimate of drug-likeness (QED) is 0.791. The summed E-state index contributed by atoms with van der Waals surface area (Å²) in [6.45, 7) is 2.90. The van der Waals surface area contributed by atoms with Crippen LogP contribution < -0.4 is 15.8 Å². The highest BCUT2D eigenvalue weighted by molar-refractivity contribution is 5.85. The number of hydrogen-bond donors (Lipinski definition) is 2. The lowest BCUT2D eigenvalue weighted by atomic mass is 10.0. The van der Waals surface area contributed by atoms with Crippen LogP contribution in [0.25, 0.3) is 0 Å². The highest BCUT2D eigenvalue weighted by Gasteiger charge is 2.28. The molecule has 23 heavy (non-hydrogen) atoms. The van der Waals surface area contributed by atoms with Crippen molar-refractivity contribution in [2.24, 2.45) is 11.7 Å². The molecule has 0 heterocycles. The van der Waals surface area contributed by atoms with Crippen LogP contribution in [0.2, 0.25) is 0 Å². The van der Waals surface area contributed by atoms with Gasteiger partial charge in [-0.05, 0) is 30.0 Å². The van der Waals surface area contributed by atoms with Crippen LogP contribution in [-0.2, 0) is 11.3 Å². The molecule has 1 amide bonds. The van der Waals surface area contributed by atoms with Crippen molar-refractivity contribution in [1.29, 1.82) is 0 Å². The van der Waals surface area contributed by atoms with Crippen LogP contribution in [0.1, 0.15) is 25.8 Å². The number of carbonyl (C=O) groups excluding carboxylic acids is 1. The summed E-state index contributed by atoms with van der Waals surface area (Å²) in [4.78, 5) is 11.7. The zero-order valence-electron chi connectivity index (χ0n) is 13.0. The first-order chi connectivity index (χ1) is 10.2. The van der Waals surface area contributed by atoms with Crippen LogP contribution in [-0.4, -0.2) is 24.7 Å². The van der Waals surface area contributed by atoms with E-state index in [1.807, 2.05) is 13.8 Å². The maximum absolute atomic E-state index is 12.0. The van der Waals surface area contributed by atoms with Crippen molar-refractivity contribution in [1.82, 2.24) is 5.32 Å². The van der Waals surface area contributed by atoms with Gasteiger partial charge in [-0.2, -0.15) is 13.2 Å². The Morgan fingerprint density at radius 1 is 1.26 bits per heavy atom. The third-order valence-corrected chi connectivity index (χ3v) is 2.85. The summed E-state index contributed by atoms with van der Waals surface area (Å²) in [6.07, 6.45) is -3.77. The summed E-state index contributed by atoms with van der Waals surface area (Å²) >= 11 is 0. The molecule has 0 aromatic heterocycles. The Bertz CT molecular complexity index is 479. The van der Waals surface area contributed by atoms with Gasteiger partial charge in [-0.15, -0.1) is 12.4 Å². The fourth-order valence-corrected chi connectivity index (χ4v) is 1.80. The van der Waals surface area contributed by atoms with Crippen LogP contribution in [0, 0.1) is 5.92 Å². The van der Waals surface area contributed by atoms with Gasteiger partial charge in [0.1, 0.15) is 5.75 Å². The lowest BCUT2D eigenvalue weighted by Gasteiger charge is -2.14. The molecule has 1 aromatic carbocycles. The molecule has 0 aliphatic carbocycles. The molecule has 132 valence electrons. The minimum absolute atomic E-state index is 0. The summed E-state index contributed by atoms with van der Waals surface area (Å²) in [7, 11) is 0. The molecule has 0 aliphatic rings. The van der Waals surface area contributed by atoms with Crippen molar-refractivity contribution in [2.45, 2.75) is 39.0 Å². The molecule has 0 aliphatic heterocycles. The molecular formula is C15H22ClF3N2O2. The lowest BCUT2D eigenvalue weighted by Crippen LogP contribution is -2.40. The minimum Gasteiger partial charge on any atom is -0.484 e. The van der Waals surface area contributed by atoms with Crippen molar-refractivity contribution in [2.75, 3.05) is 6.61 Å². The molecule has 1 rings (SSSR count). The summed E-state index contributed by atoms with van der Waals surface area (Å²) in [5.74, 6) is 0.209. The van der Waals surface area contributed by atoms with E-state index in [-0.39, 0.29) is 30.6 Å². The summed E-state index contributed by atoms with van der Waals surface area (Å²) in [5.41, 5.74) is 6.50. The second-order valence-corrected chi connectivity index (χ2v) is 5.50. The van der Waals surface area contributed by atoms with Crippen LogP contribution in [0.3, 0.4) is 0 Å². The first-order valence-corrected chi connectivity index (χ1v) is 6.99. The average Bonchev–Trinajstić information content (AvgIpc) is 2.42. The average molecular weight is 355 g/mol. The first kappa shape index (κ1) is 21.5. The number of ether oxygens (including phenoxy) is 1. The third kappa shape index (κ3) is 9.30. The van der Waals surface area contributed by atoms with Crippen molar-refractivity contribution < 1.29 is 22.7 Å². The van der Waals surface area contributed by atoms with Crippen molar-refractivity contribution in [3.05, 3.63) is 29.8 Å². The standard InChI is InChI=1S/C15H21F3N2O2.ClH/c1-10(2)7-13(19)14(21)20-8-11-3-5-12(6-4-11)22-9-15(16,17)18;/h3-6,10,13H,7-9,19H2,1-2H3,(H,20,21);1H/t13-;/m0./s1. The van der Waals surface area contributed by atoms with Gasteiger partial charge >= 0.3 is 6.18 Å². The zero-order valence-corrected chi connectivity index (χ0v) is 13.8. The molecule has 1 aromatic rings. The highest BCUT2D eigenvalue weighted by atomic mass is 35.5. The molecule has 0 fully saturated rings. The Morgan fingerprint density at radius 2 is 1.83 bits per heavy atom. The topological polar surface area (TPSA) is 64.4 Å². The molecule has 4 nitrogen and oxygen atoms in total. The molecule has 0 spiro atoms. The number of benzene rings is 1. The summed E-state index contributed by atoms with van der Waals surface area (Å²) in [6, 6.07) is 5.50. The number of rotatable bonds is 7. The number of hydrogen-bond acceptors (Lipinski definition) is 3. The monoisotopic (exact) mass is 354 g/mol. The van der Waals surface area contributed by atoms with Gasteiger partial charge in [-0.1, -0.05) is 26.0 Å². The fraction of sp³-hybridized carbons (Fsp3) is 0.533. The second kappa shape index (κ2) is 9.62. The van der Waals surface area contributed by atoms with E-state index in [9.17, 15) is 18.0 Å². The normalized spacial score (nSPS) is 12.5.